The molecule has 4 rings (SSSR count). The van der Waals surface area contributed by atoms with Crippen molar-refractivity contribution in [1.29, 1.82) is 0 Å². The van der Waals surface area contributed by atoms with Crippen LogP contribution in [-0.4, -0.2) is 66.3 Å². The lowest BCUT2D eigenvalue weighted by atomic mass is 10.0. The minimum absolute atomic E-state index is 0.133. The molecule has 0 radical (unpaired) electrons. The van der Waals surface area contributed by atoms with Gasteiger partial charge < -0.3 is 20.6 Å². The lowest BCUT2D eigenvalue weighted by Gasteiger charge is -2.33. The third kappa shape index (κ3) is 8.98. The van der Waals surface area contributed by atoms with E-state index in [0.29, 0.717) is 0 Å². The average molecular weight is 515 g/mol. The number of nitrogens with zero attached hydrogens (tertiary/aromatic N) is 2. The summed E-state index contributed by atoms with van der Waals surface area (Å²) in [5.74, 6) is 0. The molecule has 0 spiro atoms. The Balaban J connectivity index is 1.18. The number of aliphatic hydroxyl groups is 1. The quantitative estimate of drug-likeness (QED) is 0.260. The fourth-order valence-electron chi connectivity index (χ4n) is 5.18. The van der Waals surface area contributed by atoms with Gasteiger partial charge in [0, 0.05) is 37.8 Å². The summed E-state index contributed by atoms with van der Waals surface area (Å²) in [5, 5.41) is 15.4. The highest BCUT2D eigenvalue weighted by Crippen LogP contribution is 2.27. The molecule has 1 saturated heterocycles. The normalized spacial score (nSPS) is 14.5. The predicted octanol–water partition coefficient (Wildman–Crippen LogP) is 5.60. The van der Waals surface area contributed by atoms with Gasteiger partial charge in [0.2, 0.25) is 0 Å². The number of nitrogens with one attached hydrogen (secondary N) is 2. The summed E-state index contributed by atoms with van der Waals surface area (Å²) in [6.45, 7) is 6.39. The van der Waals surface area contributed by atoms with Crippen LogP contribution in [0.2, 0.25) is 0 Å². The fraction of sp³-hybridized carbons (Fsp3) is 0.406. The van der Waals surface area contributed by atoms with Crippen LogP contribution in [-0.2, 0) is 6.54 Å². The van der Waals surface area contributed by atoms with Gasteiger partial charge in [-0.05, 0) is 68.9 Å². The molecule has 3 aromatic rings. The van der Waals surface area contributed by atoms with E-state index in [1.165, 1.54) is 5.56 Å². The van der Waals surface area contributed by atoms with E-state index in [0.717, 1.165) is 88.2 Å². The summed E-state index contributed by atoms with van der Waals surface area (Å²) in [7, 11) is 0. The molecule has 3 aromatic carbocycles. The third-order valence-corrected chi connectivity index (χ3v) is 7.26. The van der Waals surface area contributed by atoms with Gasteiger partial charge in [0.1, 0.15) is 0 Å². The molecule has 1 aliphatic heterocycles. The Morgan fingerprint density at radius 3 is 2.24 bits per heavy atom. The second kappa shape index (κ2) is 15.3. The molecule has 202 valence electrons. The lowest BCUT2D eigenvalue weighted by molar-refractivity contribution is 0.177. The number of hydrogen-bond acceptors (Lipinski definition) is 4. The van der Waals surface area contributed by atoms with E-state index in [1.54, 1.807) is 0 Å². The zero-order valence-corrected chi connectivity index (χ0v) is 22.4. The molecule has 1 fully saturated rings. The summed E-state index contributed by atoms with van der Waals surface area (Å²) >= 11 is 0. The first-order valence-electron chi connectivity index (χ1n) is 14.0. The Morgan fingerprint density at radius 2 is 1.50 bits per heavy atom. The number of urea groups is 1. The van der Waals surface area contributed by atoms with E-state index >= 15 is 0 Å². The van der Waals surface area contributed by atoms with Gasteiger partial charge >= 0.3 is 6.03 Å². The molecule has 0 bridgehead atoms. The summed E-state index contributed by atoms with van der Waals surface area (Å²) in [5.41, 5.74) is 4.28. The molecule has 2 amide bonds. The van der Waals surface area contributed by atoms with Gasteiger partial charge in [-0.3, -0.25) is 4.90 Å². The number of hydrogen-bond donors (Lipinski definition) is 3. The van der Waals surface area contributed by atoms with E-state index in [1.807, 2.05) is 42.5 Å². The summed E-state index contributed by atoms with van der Waals surface area (Å²) < 4.78 is 0. The van der Waals surface area contributed by atoms with Crippen LogP contribution < -0.4 is 10.6 Å². The number of amides is 2. The first-order valence-corrected chi connectivity index (χ1v) is 14.0. The minimum Gasteiger partial charge on any atom is -0.396 e. The number of para-hydroxylation sites is 1. The van der Waals surface area contributed by atoms with Crippen molar-refractivity contribution in [2.45, 2.75) is 44.7 Å². The van der Waals surface area contributed by atoms with E-state index in [4.69, 9.17) is 5.11 Å². The average Bonchev–Trinajstić information content (AvgIpc) is 2.95. The second-order valence-corrected chi connectivity index (χ2v) is 10.2. The Morgan fingerprint density at radius 1 is 0.842 bits per heavy atom. The van der Waals surface area contributed by atoms with Crippen LogP contribution >= 0.6 is 0 Å². The molecule has 1 heterocycles. The summed E-state index contributed by atoms with van der Waals surface area (Å²) in [4.78, 5) is 17.8. The number of benzene rings is 3. The van der Waals surface area contributed by atoms with Crippen molar-refractivity contribution in [3.63, 3.8) is 0 Å². The number of anilines is 1. The number of likely N-dealkylation sites (tertiary alicyclic amines) is 1. The van der Waals surface area contributed by atoms with Gasteiger partial charge in [-0.15, -0.1) is 0 Å². The Labute approximate surface area is 227 Å². The summed E-state index contributed by atoms with van der Waals surface area (Å²) in [6, 6.07) is 28.8. The molecular formula is C32H42N4O2. The number of carbonyl (C=O) groups excluding carboxylic acids is 1. The van der Waals surface area contributed by atoms with Gasteiger partial charge in [-0.1, -0.05) is 78.9 Å². The van der Waals surface area contributed by atoms with Gasteiger partial charge in [-0.2, -0.15) is 0 Å². The maximum absolute atomic E-state index is 12.8. The number of carbonyl (C=O) groups is 1. The molecule has 3 N–H and O–H groups in total. The van der Waals surface area contributed by atoms with E-state index in [2.05, 4.69) is 62.9 Å². The molecule has 38 heavy (non-hydrogen) atoms. The van der Waals surface area contributed by atoms with Crippen molar-refractivity contribution in [1.82, 2.24) is 15.1 Å². The van der Waals surface area contributed by atoms with Crippen molar-refractivity contribution in [2.75, 3.05) is 44.6 Å². The fourth-order valence-corrected chi connectivity index (χ4v) is 5.18. The van der Waals surface area contributed by atoms with E-state index in [-0.39, 0.29) is 18.7 Å². The number of rotatable bonds is 13. The second-order valence-electron chi connectivity index (χ2n) is 10.2. The molecule has 0 aliphatic carbocycles. The maximum Gasteiger partial charge on any atom is 0.319 e. The zero-order valence-electron chi connectivity index (χ0n) is 22.4. The Hall–Kier alpha value is -3.19. The number of piperidine rings is 1. The van der Waals surface area contributed by atoms with Crippen molar-refractivity contribution >= 4 is 11.7 Å². The highest BCUT2D eigenvalue weighted by atomic mass is 16.3. The summed E-state index contributed by atoms with van der Waals surface area (Å²) in [6.07, 6.45) is 4.95. The van der Waals surface area contributed by atoms with E-state index in [9.17, 15) is 4.79 Å². The minimum atomic E-state index is -0.133. The third-order valence-electron chi connectivity index (χ3n) is 7.26. The van der Waals surface area contributed by atoms with Gasteiger partial charge in [0.05, 0.1) is 5.69 Å². The highest BCUT2D eigenvalue weighted by molar-refractivity contribution is 5.94. The zero-order chi connectivity index (χ0) is 26.4. The predicted molar refractivity (Wildman–Crippen MR) is 156 cm³/mol. The van der Waals surface area contributed by atoms with Crippen LogP contribution in [0.3, 0.4) is 0 Å². The first kappa shape index (κ1) is 27.8. The molecule has 6 nitrogen and oxygen atoms in total. The first-order chi connectivity index (χ1) is 18.7. The SMILES string of the molecule is O=C(Nc1ccccc1-c1ccccc1)NC1CCN(CCCN(CCCCO)Cc2ccccc2)CC1. The topological polar surface area (TPSA) is 67.8 Å². The van der Waals surface area contributed by atoms with Crippen LogP contribution in [0.4, 0.5) is 10.5 Å². The van der Waals surface area contributed by atoms with Crippen LogP contribution in [0.25, 0.3) is 11.1 Å². The molecular weight excluding hydrogens is 472 g/mol. The Kier molecular flexibility index (Phi) is 11.2. The number of aliphatic hydroxyl groups excluding tert-OH is 1. The van der Waals surface area contributed by atoms with Crippen LogP contribution in [0, 0.1) is 0 Å². The monoisotopic (exact) mass is 514 g/mol. The van der Waals surface area contributed by atoms with Crippen LogP contribution in [0.1, 0.15) is 37.7 Å². The molecule has 6 heteroatoms. The van der Waals surface area contributed by atoms with Crippen molar-refractivity contribution < 1.29 is 9.90 Å². The largest absolute Gasteiger partial charge is 0.396 e. The van der Waals surface area contributed by atoms with Crippen molar-refractivity contribution in [3.8, 4) is 11.1 Å². The van der Waals surface area contributed by atoms with Crippen molar-refractivity contribution in [2.24, 2.45) is 0 Å². The van der Waals surface area contributed by atoms with Crippen LogP contribution in [0.15, 0.2) is 84.9 Å². The molecule has 0 aromatic heterocycles. The Bertz CT molecular complexity index is 1080. The van der Waals surface area contributed by atoms with E-state index < -0.39 is 0 Å². The van der Waals surface area contributed by atoms with Crippen molar-refractivity contribution in [3.05, 3.63) is 90.5 Å². The van der Waals surface area contributed by atoms with Gasteiger partial charge in [0.25, 0.3) is 0 Å². The molecule has 0 unspecified atom stereocenters. The number of unbranched alkanes of at least 4 members (excludes halogenated alkanes) is 1. The lowest BCUT2D eigenvalue weighted by Crippen LogP contribution is -2.46. The molecule has 0 saturated carbocycles. The standard InChI is InChI=1S/C32H42N4O2/c37-25-10-9-20-36(26-27-12-3-1-4-13-27)22-11-21-35-23-18-29(19-24-35)33-32(38)34-31-17-8-7-16-30(31)28-14-5-2-6-15-28/h1-8,12-17,29,37H,9-11,18-26H2,(H2,33,34,38). The maximum atomic E-state index is 12.8. The van der Waals surface area contributed by atoms with Crippen LogP contribution in [0.5, 0.6) is 0 Å². The van der Waals surface area contributed by atoms with Gasteiger partial charge in [-0.25, -0.2) is 4.79 Å². The van der Waals surface area contributed by atoms with Gasteiger partial charge in [0.15, 0.2) is 0 Å². The smallest absolute Gasteiger partial charge is 0.319 e. The molecule has 0 atom stereocenters. The highest BCUT2D eigenvalue weighted by Gasteiger charge is 2.21. The molecule has 1 aliphatic rings.